The summed E-state index contributed by atoms with van der Waals surface area (Å²) >= 11 is 0. The van der Waals surface area contributed by atoms with E-state index in [1.807, 2.05) is 0 Å². The third kappa shape index (κ3) is 4.30. The molecule has 0 bridgehead atoms. The summed E-state index contributed by atoms with van der Waals surface area (Å²) in [7, 11) is 0. The summed E-state index contributed by atoms with van der Waals surface area (Å²) in [6.07, 6.45) is 0. The Kier molecular flexibility index (Phi) is 10.6. The van der Waals surface area contributed by atoms with Crippen molar-refractivity contribution in [3.8, 4) is 5.75 Å². The van der Waals surface area contributed by atoms with Crippen molar-refractivity contribution >= 4 is 11.8 Å². The average molecular weight is 238 g/mol. The van der Waals surface area contributed by atoms with Crippen LogP contribution in [-0.2, 0) is 0 Å². The molecule has 16 heavy (non-hydrogen) atoms. The molecule has 0 amide bonds. The Labute approximate surface area is 114 Å². The maximum Gasteiger partial charge on any atom is 1.00 e. The van der Waals surface area contributed by atoms with Crippen molar-refractivity contribution in [3.63, 3.8) is 0 Å². The van der Waals surface area contributed by atoms with E-state index >= 15 is 0 Å². The van der Waals surface area contributed by atoms with Gasteiger partial charge in [-0.05, 0) is 19.1 Å². The number of hydrogen-bond donors (Lipinski definition) is 1. The van der Waals surface area contributed by atoms with Crippen molar-refractivity contribution in [1.82, 2.24) is 0 Å². The summed E-state index contributed by atoms with van der Waals surface area (Å²) in [5, 5.41) is 19.7. The molecule has 5 N–H and O–H groups in total. The van der Waals surface area contributed by atoms with E-state index in [0.29, 0.717) is 0 Å². The molecule has 0 aliphatic heterocycles. The predicted octanol–water partition coefficient (Wildman–Crippen LogP) is -4.69. The van der Waals surface area contributed by atoms with Gasteiger partial charge in [-0.3, -0.25) is 4.79 Å². The Hall–Kier alpha value is -0.920. The van der Waals surface area contributed by atoms with Crippen LogP contribution in [0.4, 0.5) is 0 Å². The first-order chi connectivity index (χ1) is 6.04. The fourth-order valence-corrected chi connectivity index (χ4v) is 0.992. The molecule has 0 aromatic heterocycles. The number of carboxylic acid groups (broad SMARTS) is 1. The molecule has 0 spiro atoms. The van der Waals surface area contributed by atoms with Crippen LogP contribution in [0, 0.1) is 0 Å². The number of ketones is 1. The van der Waals surface area contributed by atoms with Gasteiger partial charge in [-0.25, -0.2) is 0 Å². The SMILES string of the molecule is CC(=O)c1cccc(C(=O)[O-])c1O.O.O.[Na+]. The van der Waals surface area contributed by atoms with Gasteiger partial charge in [0.05, 0.1) is 11.5 Å². The Morgan fingerprint density at radius 1 is 1.19 bits per heavy atom. The zero-order valence-corrected chi connectivity index (χ0v) is 10.9. The van der Waals surface area contributed by atoms with Gasteiger partial charge in [0.15, 0.2) is 5.78 Å². The fourth-order valence-electron chi connectivity index (χ4n) is 0.992. The second-order valence-corrected chi connectivity index (χ2v) is 2.55. The summed E-state index contributed by atoms with van der Waals surface area (Å²) in [6, 6.07) is 3.91. The molecule has 1 aromatic rings. The Bertz CT molecular complexity index is 344. The van der Waals surface area contributed by atoms with Crippen LogP contribution in [0.25, 0.3) is 0 Å². The van der Waals surface area contributed by atoms with Crippen molar-refractivity contribution in [1.29, 1.82) is 0 Å². The Morgan fingerprint density at radius 2 is 1.62 bits per heavy atom. The van der Waals surface area contributed by atoms with Crippen LogP contribution in [-0.4, -0.2) is 27.8 Å². The number of carboxylic acids is 1. The molecule has 0 radical (unpaired) electrons. The van der Waals surface area contributed by atoms with Gasteiger partial charge < -0.3 is 26.0 Å². The maximum absolute atomic E-state index is 10.9. The topological polar surface area (TPSA) is 140 Å². The smallest absolute Gasteiger partial charge is 0.545 e. The van der Waals surface area contributed by atoms with Gasteiger partial charge in [-0.15, -0.1) is 0 Å². The second kappa shape index (κ2) is 8.26. The first-order valence-electron chi connectivity index (χ1n) is 3.58. The van der Waals surface area contributed by atoms with E-state index < -0.39 is 11.7 Å². The zero-order valence-electron chi connectivity index (χ0n) is 8.90. The van der Waals surface area contributed by atoms with Crippen LogP contribution in [0.2, 0.25) is 0 Å². The standard InChI is InChI=1S/C9H8O4.Na.2H2O/c1-5(10)6-3-2-4-7(8(6)11)9(12)13;;;/h2-4,11H,1H3,(H,12,13);;2*1H2/q;+1;;/p-1. The molecule has 0 saturated carbocycles. The summed E-state index contributed by atoms with van der Waals surface area (Å²) in [5.74, 6) is -2.42. The average Bonchev–Trinajstić information content (AvgIpc) is 2.03. The number of aromatic hydroxyl groups is 1. The summed E-state index contributed by atoms with van der Waals surface area (Å²) in [5.41, 5.74) is -0.380. The van der Waals surface area contributed by atoms with Gasteiger partial charge in [0.25, 0.3) is 0 Å². The van der Waals surface area contributed by atoms with Crippen molar-refractivity contribution in [2.45, 2.75) is 6.92 Å². The van der Waals surface area contributed by atoms with Gasteiger partial charge in [0.1, 0.15) is 5.75 Å². The fraction of sp³-hybridized carbons (Fsp3) is 0.111. The van der Waals surface area contributed by atoms with Crippen LogP contribution >= 0.6 is 0 Å². The van der Waals surface area contributed by atoms with E-state index in [9.17, 15) is 19.8 Å². The molecule has 0 aliphatic rings. The minimum Gasteiger partial charge on any atom is -0.545 e. The third-order valence-electron chi connectivity index (χ3n) is 1.64. The summed E-state index contributed by atoms with van der Waals surface area (Å²) < 4.78 is 0. The van der Waals surface area contributed by atoms with Crippen LogP contribution in [0.15, 0.2) is 18.2 Å². The van der Waals surface area contributed by atoms with Gasteiger partial charge in [-0.2, -0.15) is 0 Å². The van der Waals surface area contributed by atoms with E-state index in [0.717, 1.165) is 0 Å². The van der Waals surface area contributed by atoms with E-state index in [-0.39, 0.29) is 57.4 Å². The van der Waals surface area contributed by atoms with Gasteiger partial charge in [-0.1, -0.05) is 6.07 Å². The zero-order chi connectivity index (χ0) is 10.0. The molecule has 0 fully saturated rings. The van der Waals surface area contributed by atoms with Crippen molar-refractivity contribution in [2.75, 3.05) is 0 Å². The van der Waals surface area contributed by atoms with Crippen LogP contribution < -0.4 is 34.7 Å². The largest absolute Gasteiger partial charge is 1.00 e. The third-order valence-corrected chi connectivity index (χ3v) is 1.64. The molecule has 1 aromatic carbocycles. The first kappa shape index (κ1) is 20.5. The van der Waals surface area contributed by atoms with Gasteiger partial charge >= 0.3 is 29.6 Å². The minimum atomic E-state index is -1.50. The van der Waals surface area contributed by atoms with Crippen molar-refractivity contribution < 1.29 is 60.3 Å². The molecule has 0 heterocycles. The van der Waals surface area contributed by atoms with Crippen molar-refractivity contribution in [2.24, 2.45) is 0 Å². The molecule has 0 aliphatic carbocycles. The molecule has 1 rings (SSSR count). The summed E-state index contributed by atoms with van der Waals surface area (Å²) in [6.45, 7) is 1.24. The van der Waals surface area contributed by atoms with E-state index in [2.05, 4.69) is 0 Å². The summed E-state index contributed by atoms with van der Waals surface area (Å²) in [4.78, 5) is 21.3. The first-order valence-corrected chi connectivity index (χ1v) is 3.58. The van der Waals surface area contributed by atoms with E-state index in [1.165, 1.54) is 25.1 Å². The molecular weight excluding hydrogens is 227 g/mol. The molecule has 6 nitrogen and oxygen atoms in total. The number of rotatable bonds is 2. The van der Waals surface area contributed by atoms with E-state index in [4.69, 9.17) is 0 Å². The van der Waals surface area contributed by atoms with Crippen molar-refractivity contribution in [3.05, 3.63) is 29.3 Å². The number of benzene rings is 1. The molecule has 0 saturated heterocycles. The quantitative estimate of drug-likeness (QED) is 0.408. The maximum atomic E-state index is 10.9. The number of aromatic carboxylic acids is 1. The van der Waals surface area contributed by atoms with Crippen LogP contribution in [0.3, 0.4) is 0 Å². The number of para-hydroxylation sites is 1. The number of phenols is 1. The van der Waals surface area contributed by atoms with Gasteiger partial charge in [0.2, 0.25) is 0 Å². The normalized spacial score (nSPS) is 7.81. The minimum absolute atomic E-state index is 0. The number of carbonyl (C=O) groups is 2. The monoisotopic (exact) mass is 238 g/mol. The van der Waals surface area contributed by atoms with Crippen LogP contribution in [0.1, 0.15) is 27.6 Å². The predicted molar refractivity (Wildman–Crippen MR) is 49.7 cm³/mol. The van der Waals surface area contributed by atoms with Crippen LogP contribution in [0.5, 0.6) is 5.75 Å². The second-order valence-electron chi connectivity index (χ2n) is 2.55. The molecular formula is C9H11NaO6. The Balaban J connectivity index is -0.000000563. The molecule has 84 valence electrons. The van der Waals surface area contributed by atoms with Gasteiger partial charge in [0, 0.05) is 5.56 Å². The Morgan fingerprint density at radius 3 is 2.00 bits per heavy atom. The molecule has 0 unspecified atom stereocenters. The molecule has 7 heteroatoms. The number of Topliss-reactive ketones (excluding diaryl/α,β-unsaturated/α-hetero) is 1. The number of hydrogen-bond acceptors (Lipinski definition) is 4. The number of carbonyl (C=O) groups excluding carboxylic acids is 2. The van der Waals surface area contributed by atoms with E-state index in [1.54, 1.807) is 0 Å². The molecule has 0 atom stereocenters.